The van der Waals surface area contributed by atoms with Crippen LogP contribution in [-0.2, 0) is 0 Å². The monoisotopic (exact) mass is 202 g/mol. The van der Waals surface area contributed by atoms with Crippen LogP contribution in [0.25, 0.3) is 0 Å². The topological polar surface area (TPSA) is 17.1 Å². The minimum Gasteiger partial charge on any atom is -0.294 e. The van der Waals surface area contributed by atoms with E-state index < -0.39 is 17.8 Å². The quantitative estimate of drug-likeness (QED) is 0.672. The molecule has 0 amide bonds. The molecular formula is C10H9F3O. The molecule has 0 aliphatic rings. The van der Waals surface area contributed by atoms with Gasteiger partial charge in [-0.1, -0.05) is 6.07 Å². The highest BCUT2D eigenvalue weighted by Crippen LogP contribution is 2.25. The van der Waals surface area contributed by atoms with Gasteiger partial charge in [-0.05, 0) is 25.5 Å². The zero-order valence-electron chi connectivity index (χ0n) is 7.77. The summed E-state index contributed by atoms with van der Waals surface area (Å²) in [6.45, 7) is 2.59. The van der Waals surface area contributed by atoms with Gasteiger partial charge in [-0.15, -0.1) is 0 Å². The molecule has 0 aliphatic heterocycles. The Kier molecular flexibility index (Phi) is 2.93. The van der Waals surface area contributed by atoms with E-state index >= 15 is 0 Å². The Morgan fingerprint density at radius 3 is 2.36 bits per heavy atom. The van der Waals surface area contributed by atoms with Gasteiger partial charge in [0.05, 0.1) is 5.56 Å². The number of rotatable bonds is 2. The molecule has 1 aromatic rings. The molecule has 0 heterocycles. The fourth-order valence-electron chi connectivity index (χ4n) is 1.26. The first-order chi connectivity index (χ1) is 6.45. The summed E-state index contributed by atoms with van der Waals surface area (Å²) < 4.78 is 37.7. The fourth-order valence-corrected chi connectivity index (χ4v) is 1.26. The standard InChI is InChI=1S/C10H9F3O/c1-5-7(6(2)14)3-4-8(9(5)11)10(12)13/h3-4,10H,1-2H3. The van der Waals surface area contributed by atoms with Gasteiger partial charge < -0.3 is 0 Å². The van der Waals surface area contributed by atoms with Crippen molar-refractivity contribution in [2.45, 2.75) is 20.3 Å². The largest absolute Gasteiger partial charge is 0.294 e. The summed E-state index contributed by atoms with van der Waals surface area (Å²) in [4.78, 5) is 10.9. The van der Waals surface area contributed by atoms with Gasteiger partial charge >= 0.3 is 0 Å². The maximum absolute atomic E-state index is 13.2. The van der Waals surface area contributed by atoms with Crippen LogP contribution in [0.1, 0.15) is 34.8 Å². The number of ketones is 1. The van der Waals surface area contributed by atoms with Crippen LogP contribution in [0.3, 0.4) is 0 Å². The van der Waals surface area contributed by atoms with Gasteiger partial charge in [0.2, 0.25) is 0 Å². The lowest BCUT2D eigenvalue weighted by atomic mass is 10.0. The SMILES string of the molecule is CC(=O)c1ccc(C(F)F)c(F)c1C. The summed E-state index contributed by atoms with van der Waals surface area (Å²) in [5.41, 5.74) is -0.533. The van der Waals surface area contributed by atoms with Crippen LogP contribution in [0.5, 0.6) is 0 Å². The number of halogens is 3. The molecule has 1 aromatic carbocycles. The molecule has 1 rings (SSSR count). The smallest absolute Gasteiger partial charge is 0.266 e. The Balaban J connectivity index is 3.33. The van der Waals surface area contributed by atoms with Crippen LogP contribution in [0.2, 0.25) is 0 Å². The number of benzene rings is 1. The number of hydrogen-bond acceptors (Lipinski definition) is 1. The Labute approximate surface area is 79.5 Å². The molecule has 0 N–H and O–H groups in total. The van der Waals surface area contributed by atoms with Gasteiger partial charge in [-0.2, -0.15) is 0 Å². The Morgan fingerprint density at radius 1 is 1.36 bits per heavy atom. The van der Waals surface area contributed by atoms with E-state index in [1.807, 2.05) is 0 Å². The van der Waals surface area contributed by atoms with Crippen LogP contribution >= 0.6 is 0 Å². The first-order valence-electron chi connectivity index (χ1n) is 4.03. The third kappa shape index (κ3) is 1.78. The lowest BCUT2D eigenvalue weighted by Gasteiger charge is -2.07. The Bertz CT molecular complexity index is 372. The molecule has 0 saturated carbocycles. The Hall–Kier alpha value is -1.32. The summed E-state index contributed by atoms with van der Waals surface area (Å²) in [5.74, 6) is -1.32. The summed E-state index contributed by atoms with van der Waals surface area (Å²) in [5, 5.41) is 0. The second-order valence-corrected chi connectivity index (χ2v) is 3.00. The van der Waals surface area contributed by atoms with E-state index in [1.165, 1.54) is 19.9 Å². The van der Waals surface area contributed by atoms with E-state index in [0.717, 1.165) is 6.07 Å². The minimum atomic E-state index is -2.85. The fraction of sp³-hybridized carbons (Fsp3) is 0.300. The molecule has 76 valence electrons. The Morgan fingerprint density at radius 2 is 1.93 bits per heavy atom. The second-order valence-electron chi connectivity index (χ2n) is 3.00. The van der Waals surface area contributed by atoms with Gasteiger partial charge in [-0.25, -0.2) is 13.2 Å². The number of Topliss-reactive ketones (excluding diaryl/α,β-unsaturated/α-hetero) is 1. The first-order valence-corrected chi connectivity index (χ1v) is 4.03. The molecule has 0 fully saturated rings. The predicted molar refractivity (Wildman–Crippen MR) is 46.1 cm³/mol. The molecule has 0 bridgehead atoms. The molecular weight excluding hydrogens is 193 g/mol. The van der Waals surface area contributed by atoms with Gasteiger partial charge in [-0.3, -0.25) is 4.79 Å². The molecule has 0 radical (unpaired) electrons. The second kappa shape index (κ2) is 3.82. The molecule has 0 atom stereocenters. The average molecular weight is 202 g/mol. The van der Waals surface area contributed by atoms with Crippen molar-refractivity contribution in [3.8, 4) is 0 Å². The average Bonchev–Trinajstić information content (AvgIpc) is 2.08. The molecule has 14 heavy (non-hydrogen) atoms. The van der Waals surface area contributed by atoms with Crippen molar-refractivity contribution < 1.29 is 18.0 Å². The van der Waals surface area contributed by atoms with Crippen molar-refractivity contribution >= 4 is 5.78 Å². The number of alkyl halides is 2. The third-order valence-electron chi connectivity index (χ3n) is 2.03. The first kappa shape index (κ1) is 10.8. The van der Waals surface area contributed by atoms with E-state index in [0.29, 0.717) is 0 Å². The van der Waals surface area contributed by atoms with Gasteiger partial charge in [0.25, 0.3) is 6.43 Å². The van der Waals surface area contributed by atoms with Crippen LogP contribution in [-0.4, -0.2) is 5.78 Å². The maximum atomic E-state index is 13.2. The van der Waals surface area contributed by atoms with E-state index in [4.69, 9.17) is 0 Å². The van der Waals surface area contributed by atoms with Gasteiger partial charge in [0.15, 0.2) is 5.78 Å². The van der Waals surface area contributed by atoms with Crippen molar-refractivity contribution in [1.82, 2.24) is 0 Å². The van der Waals surface area contributed by atoms with Crippen LogP contribution in [0.15, 0.2) is 12.1 Å². The van der Waals surface area contributed by atoms with Gasteiger partial charge in [0, 0.05) is 5.56 Å². The molecule has 0 saturated heterocycles. The van der Waals surface area contributed by atoms with Gasteiger partial charge in [0.1, 0.15) is 5.82 Å². The van der Waals surface area contributed by atoms with E-state index in [2.05, 4.69) is 0 Å². The number of hydrogen-bond donors (Lipinski definition) is 0. The molecule has 0 aromatic heterocycles. The molecule has 0 unspecified atom stereocenters. The molecule has 0 spiro atoms. The van der Waals surface area contributed by atoms with Crippen molar-refractivity contribution in [3.05, 3.63) is 34.6 Å². The highest BCUT2D eigenvalue weighted by atomic mass is 19.3. The highest BCUT2D eigenvalue weighted by Gasteiger charge is 2.18. The zero-order valence-corrected chi connectivity index (χ0v) is 7.77. The van der Waals surface area contributed by atoms with Crippen molar-refractivity contribution in [1.29, 1.82) is 0 Å². The maximum Gasteiger partial charge on any atom is 0.266 e. The van der Waals surface area contributed by atoms with E-state index in [9.17, 15) is 18.0 Å². The number of carbonyl (C=O) groups is 1. The highest BCUT2D eigenvalue weighted by molar-refractivity contribution is 5.95. The van der Waals surface area contributed by atoms with E-state index in [-0.39, 0.29) is 16.9 Å². The van der Waals surface area contributed by atoms with Crippen molar-refractivity contribution in [2.24, 2.45) is 0 Å². The van der Waals surface area contributed by atoms with Crippen LogP contribution in [0.4, 0.5) is 13.2 Å². The van der Waals surface area contributed by atoms with Crippen LogP contribution in [0, 0.1) is 12.7 Å². The summed E-state index contributed by atoms with van der Waals surface area (Å²) in [6.07, 6.45) is -2.85. The summed E-state index contributed by atoms with van der Waals surface area (Å²) in [7, 11) is 0. The lowest BCUT2D eigenvalue weighted by Crippen LogP contribution is -2.02. The predicted octanol–water partition coefficient (Wildman–Crippen LogP) is 3.27. The van der Waals surface area contributed by atoms with E-state index in [1.54, 1.807) is 0 Å². The van der Waals surface area contributed by atoms with Crippen LogP contribution < -0.4 is 0 Å². The molecule has 0 aliphatic carbocycles. The minimum absolute atomic E-state index is 0.0182. The van der Waals surface area contributed by atoms with Crippen molar-refractivity contribution in [2.75, 3.05) is 0 Å². The molecule has 1 nitrogen and oxygen atoms in total. The normalized spacial score (nSPS) is 10.7. The zero-order chi connectivity index (χ0) is 10.9. The number of carbonyl (C=O) groups excluding carboxylic acids is 1. The lowest BCUT2D eigenvalue weighted by molar-refractivity contribution is 0.101. The molecule has 4 heteroatoms. The summed E-state index contributed by atoms with van der Waals surface area (Å²) >= 11 is 0. The third-order valence-corrected chi connectivity index (χ3v) is 2.03. The van der Waals surface area contributed by atoms with Crippen molar-refractivity contribution in [3.63, 3.8) is 0 Å². The summed E-state index contributed by atoms with van der Waals surface area (Å²) in [6, 6.07) is 2.17.